The lowest BCUT2D eigenvalue weighted by Crippen LogP contribution is -2.50. The fourth-order valence-corrected chi connectivity index (χ4v) is 5.36. The number of imide groups is 1. The highest BCUT2D eigenvalue weighted by Gasteiger charge is 2.60. The Kier molecular flexibility index (Phi) is 4.88. The molecule has 8 heteroatoms. The van der Waals surface area contributed by atoms with Gasteiger partial charge in [-0.25, -0.2) is 13.2 Å². The maximum absolute atomic E-state index is 13.6. The zero-order valence-corrected chi connectivity index (χ0v) is 17.4. The third-order valence-electron chi connectivity index (χ3n) is 5.05. The zero-order chi connectivity index (χ0) is 21.5. The molecule has 1 unspecified atom stereocenters. The van der Waals surface area contributed by atoms with Crippen molar-refractivity contribution in [3.63, 3.8) is 0 Å². The van der Waals surface area contributed by atoms with E-state index in [0.717, 1.165) is 5.56 Å². The molecule has 3 aromatic carbocycles. The number of aryl methyl sites for hydroxylation is 1. The Hall–Kier alpha value is -3.16. The molecule has 0 saturated carbocycles. The molecule has 0 bridgehead atoms. The van der Waals surface area contributed by atoms with Crippen LogP contribution in [0.5, 0.6) is 0 Å². The molecule has 0 spiro atoms. The molecular weight excluding hydrogens is 424 g/mol. The summed E-state index contributed by atoms with van der Waals surface area (Å²) in [6, 6.07) is 19.7. The second-order valence-electron chi connectivity index (χ2n) is 6.93. The van der Waals surface area contributed by atoms with E-state index >= 15 is 0 Å². The number of nitrogens with one attached hydrogen (secondary N) is 1. The second-order valence-corrected chi connectivity index (χ2v) is 9.15. The number of carbonyl (C=O) groups excluding carboxylic acids is 2. The smallest absolute Gasteiger partial charge is 0.274 e. The molecule has 1 atom stereocenters. The molecule has 1 fully saturated rings. The maximum atomic E-state index is 13.6. The average Bonchev–Trinajstić information content (AvgIpc) is 3.01. The lowest BCUT2D eigenvalue weighted by atomic mass is 9.82. The predicted molar refractivity (Wildman–Crippen MR) is 112 cm³/mol. The minimum Gasteiger partial charge on any atom is -0.274 e. The molecule has 1 aliphatic heterocycles. The van der Waals surface area contributed by atoms with E-state index in [9.17, 15) is 18.0 Å². The molecule has 1 N–H and O–H groups in total. The molecule has 0 radical (unpaired) electrons. The first kappa shape index (κ1) is 20.1. The van der Waals surface area contributed by atoms with Crippen molar-refractivity contribution in [2.45, 2.75) is 17.4 Å². The van der Waals surface area contributed by atoms with Gasteiger partial charge in [-0.2, -0.15) is 4.31 Å². The highest BCUT2D eigenvalue weighted by Crippen LogP contribution is 2.43. The van der Waals surface area contributed by atoms with Crippen molar-refractivity contribution >= 4 is 33.6 Å². The summed E-state index contributed by atoms with van der Waals surface area (Å²) in [5.41, 5.74) is -0.237. The van der Waals surface area contributed by atoms with Gasteiger partial charge < -0.3 is 0 Å². The number of halogens is 1. The molecule has 6 nitrogen and oxygen atoms in total. The van der Waals surface area contributed by atoms with E-state index in [-0.39, 0.29) is 4.90 Å². The van der Waals surface area contributed by atoms with Crippen LogP contribution >= 0.6 is 11.6 Å². The van der Waals surface area contributed by atoms with Crippen LogP contribution in [-0.2, 0) is 20.4 Å². The van der Waals surface area contributed by atoms with Crippen LogP contribution in [-0.4, -0.2) is 24.7 Å². The van der Waals surface area contributed by atoms with Gasteiger partial charge in [-0.3, -0.25) is 10.1 Å². The van der Waals surface area contributed by atoms with Crippen molar-refractivity contribution in [2.24, 2.45) is 0 Å². The minimum absolute atomic E-state index is 0.149. The van der Waals surface area contributed by atoms with Crippen LogP contribution in [0.4, 0.5) is 4.79 Å². The number of hydrogen-bond acceptors (Lipinski definition) is 4. The van der Waals surface area contributed by atoms with Gasteiger partial charge in [-0.15, -0.1) is 0 Å². The predicted octanol–water partition coefficient (Wildman–Crippen LogP) is 3.83. The number of nitrogens with zero attached hydrogens (tertiary/aromatic N) is 1. The van der Waals surface area contributed by atoms with Gasteiger partial charge >= 0.3 is 6.03 Å². The van der Waals surface area contributed by atoms with Gasteiger partial charge in [0.2, 0.25) is 0 Å². The van der Waals surface area contributed by atoms with Crippen LogP contribution < -0.4 is 5.32 Å². The quantitative estimate of drug-likeness (QED) is 0.625. The SMILES string of the molecule is Cc1ccc(C2(c3ccccc3)C(=O)NC(=O)N2S(=O)(=O)c2ccc(Cl)cc2)cc1. The first-order valence-electron chi connectivity index (χ1n) is 9.07. The van der Waals surface area contributed by atoms with Crippen molar-refractivity contribution in [3.8, 4) is 0 Å². The molecule has 1 heterocycles. The van der Waals surface area contributed by atoms with Crippen LogP contribution in [0.3, 0.4) is 0 Å². The van der Waals surface area contributed by atoms with Gasteiger partial charge in [0, 0.05) is 5.02 Å². The number of hydrogen-bond donors (Lipinski definition) is 1. The van der Waals surface area contributed by atoms with Gasteiger partial charge in [0.15, 0.2) is 5.54 Å². The molecule has 3 aromatic rings. The fraction of sp³-hybridized carbons (Fsp3) is 0.0909. The summed E-state index contributed by atoms with van der Waals surface area (Å²) in [7, 11) is -4.41. The second kappa shape index (κ2) is 7.27. The van der Waals surface area contributed by atoms with E-state index in [2.05, 4.69) is 5.32 Å². The van der Waals surface area contributed by atoms with Crippen molar-refractivity contribution in [2.75, 3.05) is 0 Å². The number of amides is 3. The summed E-state index contributed by atoms with van der Waals surface area (Å²) in [5.74, 6) is -0.736. The van der Waals surface area contributed by atoms with Gasteiger partial charge in [0.1, 0.15) is 0 Å². The van der Waals surface area contributed by atoms with Gasteiger partial charge in [-0.1, -0.05) is 71.8 Å². The zero-order valence-electron chi connectivity index (χ0n) is 15.9. The van der Waals surface area contributed by atoms with Gasteiger partial charge in [0.05, 0.1) is 4.90 Å². The van der Waals surface area contributed by atoms with E-state index in [1.807, 2.05) is 6.92 Å². The molecule has 4 rings (SSSR count). The largest absolute Gasteiger partial charge is 0.339 e. The molecule has 0 aliphatic carbocycles. The molecule has 1 aliphatic rings. The van der Waals surface area contributed by atoms with Crippen LogP contribution in [0.25, 0.3) is 0 Å². The summed E-state index contributed by atoms with van der Waals surface area (Å²) < 4.78 is 27.8. The molecule has 0 aromatic heterocycles. The summed E-state index contributed by atoms with van der Waals surface area (Å²) in [6.45, 7) is 1.88. The number of sulfonamides is 1. The molecule has 1 saturated heterocycles. The Balaban J connectivity index is 2.04. The first-order valence-corrected chi connectivity index (χ1v) is 10.9. The van der Waals surface area contributed by atoms with E-state index in [1.54, 1.807) is 54.6 Å². The number of urea groups is 1. The molecule has 3 amide bonds. The monoisotopic (exact) mass is 440 g/mol. The number of carbonyl (C=O) groups is 2. The average molecular weight is 441 g/mol. The topological polar surface area (TPSA) is 83.6 Å². The van der Waals surface area contributed by atoms with Gasteiger partial charge in [0.25, 0.3) is 15.9 Å². The van der Waals surface area contributed by atoms with E-state index in [4.69, 9.17) is 11.6 Å². The van der Waals surface area contributed by atoms with Crippen LogP contribution in [0, 0.1) is 6.92 Å². The fourth-order valence-electron chi connectivity index (χ4n) is 3.62. The Morgan fingerprint density at radius 2 is 1.40 bits per heavy atom. The number of benzene rings is 3. The lowest BCUT2D eigenvalue weighted by molar-refractivity contribution is -0.124. The van der Waals surface area contributed by atoms with Gasteiger partial charge in [-0.05, 0) is 42.3 Å². The molecular formula is C22H17ClN2O4S. The normalized spacial score (nSPS) is 19.1. The van der Waals surface area contributed by atoms with E-state index < -0.39 is 27.5 Å². The van der Waals surface area contributed by atoms with Crippen LogP contribution in [0.1, 0.15) is 16.7 Å². The van der Waals surface area contributed by atoms with Crippen molar-refractivity contribution in [3.05, 3.63) is 101 Å². The highest BCUT2D eigenvalue weighted by molar-refractivity contribution is 7.89. The van der Waals surface area contributed by atoms with E-state index in [1.165, 1.54) is 24.3 Å². The Morgan fingerprint density at radius 3 is 2.00 bits per heavy atom. The number of rotatable bonds is 4. The van der Waals surface area contributed by atoms with Crippen molar-refractivity contribution < 1.29 is 18.0 Å². The minimum atomic E-state index is -4.41. The standard InChI is InChI=1S/C22H17ClN2O4S/c1-15-7-9-17(10-8-15)22(16-5-3-2-4-6-16)20(26)24-21(27)25(22)30(28,29)19-13-11-18(23)12-14-19/h2-14H,1H3,(H,24,26,27). The lowest BCUT2D eigenvalue weighted by Gasteiger charge is -2.35. The van der Waals surface area contributed by atoms with Crippen LogP contribution in [0.2, 0.25) is 5.02 Å². The van der Waals surface area contributed by atoms with E-state index in [0.29, 0.717) is 20.5 Å². The summed E-state index contributed by atoms with van der Waals surface area (Å²) in [6.07, 6.45) is 0. The van der Waals surface area contributed by atoms with Crippen molar-refractivity contribution in [1.82, 2.24) is 9.62 Å². The highest BCUT2D eigenvalue weighted by atomic mass is 35.5. The van der Waals surface area contributed by atoms with Crippen molar-refractivity contribution in [1.29, 1.82) is 0 Å². The Bertz CT molecular complexity index is 1230. The Labute approximate surface area is 179 Å². The third-order valence-corrected chi connectivity index (χ3v) is 7.09. The molecule has 152 valence electrons. The Morgan fingerprint density at radius 1 is 0.833 bits per heavy atom. The summed E-state index contributed by atoms with van der Waals surface area (Å²) >= 11 is 5.89. The van der Waals surface area contributed by atoms with Crippen LogP contribution in [0.15, 0.2) is 83.8 Å². The maximum Gasteiger partial charge on any atom is 0.339 e. The summed E-state index contributed by atoms with van der Waals surface area (Å²) in [5, 5.41) is 2.55. The first-order chi connectivity index (χ1) is 14.3. The third kappa shape index (κ3) is 2.98. The molecule has 30 heavy (non-hydrogen) atoms. The summed E-state index contributed by atoms with van der Waals surface area (Å²) in [4.78, 5) is 26.0.